The van der Waals surface area contributed by atoms with E-state index in [0.29, 0.717) is 6.42 Å². The van der Waals surface area contributed by atoms with Crippen molar-refractivity contribution in [2.45, 2.75) is 24.7 Å². The second-order valence-electron chi connectivity index (χ2n) is 4.48. The van der Waals surface area contributed by atoms with Gasteiger partial charge in [0, 0.05) is 18.0 Å². The lowest BCUT2D eigenvalue weighted by Crippen LogP contribution is -2.35. The molecule has 0 N–H and O–H groups in total. The second kappa shape index (κ2) is 5.41. The smallest absolute Gasteiger partial charge is 0.227 e. The van der Waals surface area contributed by atoms with Gasteiger partial charge in [-0.1, -0.05) is 23.8 Å². The molecule has 1 aromatic rings. The molecule has 90 valence electrons. The fourth-order valence-corrected chi connectivity index (χ4v) is 2.05. The summed E-state index contributed by atoms with van der Waals surface area (Å²) in [5.41, 5.74) is 2.44. The molecule has 2 rings (SSSR count). The number of hydrogen-bond donors (Lipinski definition) is 1. The van der Waals surface area contributed by atoms with Crippen molar-refractivity contribution in [2.75, 3.05) is 13.1 Å². The van der Waals surface area contributed by atoms with Crippen LogP contribution in [0, 0.1) is 0 Å². The molecule has 0 fully saturated rings. The Balaban J connectivity index is 1.95. The fourth-order valence-electron chi connectivity index (χ4n) is 1.90. The molecule has 17 heavy (non-hydrogen) atoms. The van der Waals surface area contributed by atoms with Gasteiger partial charge in [0.15, 0.2) is 0 Å². The van der Waals surface area contributed by atoms with Gasteiger partial charge in [0.25, 0.3) is 0 Å². The molecule has 1 aromatic carbocycles. The zero-order valence-electron chi connectivity index (χ0n) is 10.0. The number of carbonyl (C=O) groups excluding carboxylic acids is 1. The Morgan fingerprint density at radius 2 is 2.06 bits per heavy atom. The van der Waals surface area contributed by atoms with Crippen molar-refractivity contribution in [2.24, 2.45) is 0 Å². The summed E-state index contributed by atoms with van der Waals surface area (Å²) in [6, 6.07) is 7.77. The topological polar surface area (TPSA) is 20.3 Å². The molecule has 0 aromatic heterocycles. The Bertz CT molecular complexity index is 436. The van der Waals surface area contributed by atoms with E-state index in [9.17, 15) is 4.79 Å². The van der Waals surface area contributed by atoms with Gasteiger partial charge in [0.2, 0.25) is 5.91 Å². The zero-order chi connectivity index (χ0) is 12.3. The first-order valence-electron chi connectivity index (χ1n) is 5.86. The first-order chi connectivity index (χ1) is 8.15. The minimum absolute atomic E-state index is 0.209. The summed E-state index contributed by atoms with van der Waals surface area (Å²) in [7, 11) is 0. The van der Waals surface area contributed by atoms with Crippen LogP contribution in [0.5, 0.6) is 0 Å². The summed E-state index contributed by atoms with van der Waals surface area (Å²) < 4.78 is 0. The Hall–Kier alpha value is -1.22. The van der Waals surface area contributed by atoms with Gasteiger partial charge >= 0.3 is 0 Å². The van der Waals surface area contributed by atoms with E-state index in [0.717, 1.165) is 30.0 Å². The van der Waals surface area contributed by atoms with Crippen LogP contribution in [0.1, 0.15) is 18.9 Å². The summed E-state index contributed by atoms with van der Waals surface area (Å²) in [4.78, 5) is 14.9. The highest BCUT2D eigenvalue weighted by atomic mass is 32.1. The molecule has 3 heteroatoms. The Labute approximate surface area is 108 Å². The van der Waals surface area contributed by atoms with Gasteiger partial charge in [0.05, 0.1) is 6.42 Å². The minimum Gasteiger partial charge on any atom is -0.338 e. The monoisotopic (exact) mass is 247 g/mol. The minimum atomic E-state index is 0.209. The number of rotatable bonds is 2. The third-order valence-corrected chi connectivity index (χ3v) is 3.38. The van der Waals surface area contributed by atoms with Crippen molar-refractivity contribution >= 4 is 18.5 Å². The quantitative estimate of drug-likeness (QED) is 0.629. The molecular formula is C14H17NOS. The van der Waals surface area contributed by atoms with E-state index in [-0.39, 0.29) is 5.91 Å². The van der Waals surface area contributed by atoms with E-state index >= 15 is 0 Å². The van der Waals surface area contributed by atoms with Crippen molar-refractivity contribution < 1.29 is 4.79 Å². The van der Waals surface area contributed by atoms with Crippen LogP contribution in [0.2, 0.25) is 0 Å². The molecular weight excluding hydrogens is 230 g/mol. The van der Waals surface area contributed by atoms with E-state index in [1.165, 1.54) is 5.57 Å². The van der Waals surface area contributed by atoms with E-state index in [2.05, 4.69) is 25.6 Å². The van der Waals surface area contributed by atoms with Crippen LogP contribution < -0.4 is 0 Å². The van der Waals surface area contributed by atoms with Crippen molar-refractivity contribution in [1.82, 2.24) is 4.90 Å². The van der Waals surface area contributed by atoms with Crippen LogP contribution in [0.15, 0.2) is 40.8 Å². The van der Waals surface area contributed by atoms with E-state index in [4.69, 9.17) is 0 Å². The number of hydrogen-bond acceptors (Lipinski definition) is 2. The predicted octanol–water partition coefficient (Wildman–Crippen LogP) is 2.70. The maximum atomic E-state index is 12.0. The molecule has 0 atom stereocenters. The average molecular weight is 247 g/mol. The van der Waals surface area contributed by atoms with Crippen LogP contribution in [0.25, 0.3) is 0 Å². The average Bonchev–Trinajstić information content (AvgIpc) is 2.33. The molecule has 0 radical (unpaired) electrons. The van der Waals surface area contributed by atoms with Gasteiger partial charge < -0.3 is 4.90 Å². The summed E-state index contributed by atoms with van der Waals surface area (Å²) in [5.74, 6) is 0.209. The number of benzene rings is 1. The summed E-state index contributed by atoms with van der Waals surface area (Å²) >= 11 is 4.23. The van der Waals surface area contributed by atoms with Crippen molar-refractivity contribution in [3.8, 4) is 0 Å². The first kappa shape index (κ1) is 12.2. The molecule has 1 aliphatic rings. The number of nitrogens with zero attached hydrogens (tertiary/aromatic N) is 1. The van der Waals surface area contributed by atoms with Crippen LogP contribution in [0.3, 0.4) is 0 Å². The second-order valence-corrected chi connectivity index (χ2v) is 5.00. The van der Waals surface area contributed by atoms with Gasteiger partial charge in [-0.05, 0) is 31.0 Å². The van der Waals surface area contributed by atoms with Gasteiger partial charge in [-0.15, -0.1) is 12.6 Å². The van der Waals surface area contributed by atoms with Crippen molar-refractivity contribution in [1.29, 1.82) is 0 Å². The van der Waals surface area contributed by atoms with Gasteiger partial charge in [-0.3, -0.25) is 4.79 Å². The highest BCUT2D eigenvalue weighted by Gasteiger charge is 2.15. The van der Waals surface area contributed by atoms with E-state index in [1.807, 2.05) is 29.2 Å². The summed E-state index contributed by atoms with van der Waals surface area (Å²) in [5, 5.41) is 0. The van der Waals surface area contributed by atoms with Crippen LogP contribution in [0.4, 0.5) is 0 Å². The predicted molar refractivity (Wildman–Crippen MR) is 72.4 cm³/mol. The van der Waals surface area contributed by atoms with E-state index in [1.54, 1.807) is 0 Å². The Morgan fingerprint density at radius 1 is 1.35 bits per heavy atom. The normalized spacial score (nSPS) is 15.6. The molecule has 0 spiro atoms. The summed E-state index contributed by atoms with van der Waals surface area (Å²) in [6.45, 7) is 3.73. The number of carbonyl (C=O) groups is 1. The highest BCUT2D eigenvalue weighted by Crippen LogP contribution is 2.13. The first-order valence-corrected chi connectivity index (χ1v) is 6.31. The number of thiol groups is 1. The van der Waals surface area contributed by atoms with Gasteiger partial charge in [0.1, 0.15) is 0 Å². The molecule has 1 aliphatic heterocycles. The van der Waals surface area contributed by atoms with Gasteiger partial charge in [-0.2, -0.15) is 0 Å². The zero-order valence-corrected chi connectivity index (χ0v) is 10.9. The maximum Gasteiger partial charge on any atom is 0.227 e. The molecule has 0 saturated heterocycles. The lowest BCUT2D eigenvalue weighted by atomic mass is 10.1. The molecule has 0 saturated carbocycles. The third kappa shape index (κ3) is 3.37. The van der Waals surface area contributed by atoms with Crippen molar-refractivity contribution in [3.63, 3.8) is 0 Å². The van der Waals surface area contributed by atoms with Crippen LogP contribution >= 0.6 is 12.6 Å². The summed E-state index contributed by atoms with van der Waals surface area (Å²) in [6.07, 6.45) is 3.63. The Morgan fingerprint density at radius 3 is 2.65 bits per heavy atom. The lowest BCUT2D eigenvalue weighted by molar-refractivity contribution is -0.130. The van der Waals surface area contributed by atoms with Crippen LogP contribution in [-0.2, 0) is 11.2 Å². The molecule has 0 unspecified atom stereocenters. The molecule has 1 heterocycles. The highest BCUT2D eigenvalue weighted by molar-refractivity contribution is 7.80. The molecule has 0 bridgehead atoms. The van der Waals surface area contributed by atoms with Gasteiger partial charge in [-0.25, -0.2) is 0 Å². The van der Waals surface area contributed by atoms with E-state index < -0.39 is 0 Å². The number of amides is 1. The maximum absolute atomic E-state index is 12.0. The SMILES string of the molecule is CC1=CCN(C(=O)Cc2ccc(S)cc2)CC1. The largest absolute Gasteiger partial charge is 0.338 e. The molecule has 0 aliphatic carbocycles. The van der Waals surface area contributed by atoms with Crippen LogP contribution in [-0.4, -0.2) is 23.9 Å². The lowest BCUT2D eigenvalue weighted by Gasteiger charge is -2.25. The third-order valence-electron chi connectivity index (χ3n) is 3.08. The molecule has 2 nitrogen and oxygen atoms in total. The Kier molecular flexibility index (Phi) is 3.89. The standard InChI is InChI=1S/C14H17NOS/c1-11-6-8-15(9-7-11)14(16)10-12-2-4-13(17)5-3-12/h2-6,17H,7-10H2,1H3. The fraction of sp³-hybridized carbons (Fsp3) is 0.357. The van der Waals surface area contributed by atoms with Crippen molar-refractivity contribution in [3.05, 3.63) is 41.5 Å². The molecule has 1 amide bonds.